The highest BCUT2D eigenvalue weighted by molar-refractivity contribution is 9.09. The van der Waals surface area contributed by atoms with E-state index in [1.165, 1.54) is 45.2 Å². The number of esters is 2. The molecule has 8 rings (SSSR count). The molecule has 0 radical (unpaired) electrons. The largest absolute Gasteiger partial charge is 0.497 e. The molecule has 2 saturated heterocycles. The maximum absolute atomic E-state index is 13.6. The van der Waals surface area contributed by atoms with E-state index < -0.39 is 82.5 Å². The van der Waals surface area contributed by atoms with Crippen molar-refractivity contribution in [3.63, 3.8) is 0 Å². The molecule has 4 aromatic rings. The molecule has 4 aliphatic rings. The fraction of sp³-hybridized carbons (Fsp3) is 0.483. The molecule has 0 unspecified atom stereocenters. The van der Waals surface area contributed by atoms with Crippen LogP contribution in [-0.4, -0.2) is 161 Å². The molecular formula is C58H69BrN6O16. The molecule has 23 heteroatoms. The Morgan fingerprint density at radius 2 is 1.04 bits per heavy atom. The Labute approximate surface area is 477 Å². The van der Waals surface area contributed by atoms with Gasteiger partial charge in [-0.05, 0) is 78.6 Å². The number of amides is 4. The number of nitrogens with one attached hydrogen (secondary N) is 2. The van der Waals surface area contributed by atoms with Gasteiger partial charge in [0.15, 0.2) is 11.6 Å². The van der Waals surface area contributed by atoms with Gasteiger partial charge >= 0.3 is 24.1 Å². The predicted molar refractivity (Wildman–Crippen MR) is 299 cm³/mol. The van der Waals surface area contributed by atoms with Crippen molar-refractivity contribution in [1.29, 1.82) is 0 Å². The molecule has 434 valence electrons. The molecular weight excluding hydrogens is 1120 g/mol. The fourth-order valence-electron chi connectivity index (χ4n) is 9.83. The molecule has 0 bridgehead atoms. The summed E-state index contributed by atoms with van der Waals surface area (Å²) in [7, 11) is 5.57. The highest BCUT2D eigenvalue weighted by atomic mass is 79.9. The summed E-state index contributed by atoms with van der Waals surface area (Å²) in [5.74, 6) is -1.38. The Morgan fingerprint density at radius 3 is 1.37 bits per heavy atom. The van der Waals surface area contributed by atoms with Crippen molar-refractivity contribution < 1.29 is 76.3 Å². The lowest BCUT2D eigenvalue weighted by Gasteiger charge is -2.28. The smallest absolute Gasteiger partial charge is 0.411 e. The lowest BCUT2D eigenvalue weighted by Crippen LogP contribution is -2.53. The molecule has 2 saturated carbocycles. The number of ketones is 2. The molecule has 2 aliphatic carbocycles. The van der Waals surface area contributed by atoms with Crippen molar-refractivity contribution in [2.45, 2.75) is 121 Å². The first kappa shape index (κ1) is 60.8. The Balaban J connectivity index is 0.000000234. The molecule has 2 aromatic carbocycles. The Hall–Kier alpha value is -7.82. The normalized spacial score (nSPS) is 23.6. The first-order valence-corrected chi connectivity index (χ1v) is 27.3. The van der Waals surface area contributed by atoms with Crippen molar-refractivity contribution in [2.24, 2.45) is 11.8 Å². The van der Waals surface area contributed by atoms with E-state index in [2.05, 4.69) is 49.7 Å². The third kappa shape index (κ3) is 13.5. The number of carbonyl (C=O) groups is 8. The summed E-state index contributed by atoms with van der Waals surface area (Å²) in [6, 6.07) is 11.6. The molecule has 4 fully saturated rings. The number of Topliss-reactive ketones (excluding diaryl/α,β-unsaturated/α-hetero) is 2. The number of methoxy groups -OCH3 is 4. The van der Waals surface area contributed by atoms with Crippen molar-refractivity contribution in [2.75, 3.05) is 46.9 Å². The number of benzene rings is 2. The Kier molecular flexibility index (Phi) is 18.1. The van der Waals surface area contributed by atoms with Crippen LogP contribution in [0.5, 0.6) is 23.0 Å². The Bertz CT molecular complexity index is 3170. The van der Waals surface area contributed by atoms with Crippen molar-refractivity contribution in [3.8, 4) is 23.0 Å². The second-order valence-corrected chi connectivity index (χ2v) is 22.7. The van der Waals surface area contributed by atoms with E-state index in [9.17, 15) is 38.4 Å². The lowest BCUT2D eigenvalue weighted by atomic mass is 10.1. The molecule has 8 atom stereocenters. The van der Waals surface area contributed by atoms with Gasteiger partial charge in [0.05, 0.1) is 57.9 Å². The number of alkyl halides is 1. The highest BCUT2D eigenvalue weighted by Gasteiger charge is 2.63. The van der Waals surface area contributed by atoms with E-state index in [0.717, 1.165) is 0 Å². The van der Waals surface area contributed by atoms with E-state index in [0.29, 0.717) is 57.6 Å². The van der Waals surface area contributed by atoms with Crippen LogP contribution in [0, 0.1) is 11.8 Å². The van der Waals surface area contributed by atoms with Crippen LogP contribution in [0.2, 0.25) is 0 Å². The van der Waals surface area contributed by atoms with Gasteiger partial charge in [0.25, 0.3) is 0 Å². The molecule has 2 N–H and O–H groups in total. The van der Waals surface area contributed by atoms with Crippen LogP contribution in [0.25, 0.3) is 21.8 Å². The number of hydrogen-bond acceptors (Lipinski definition) is 18. The van der Waals surface area contributed by atoms with Crippen molar-refractivity contribution >= 4 is 85.2 Å². The van der Waals surface area contributed by atoms with Crippen molar-refractivity contribution in [1.82, 2.24) is 30.4 Å². The minimum absolute atomic E-state index is 0.0325. The molecule has 2 aliphatic heterocycles. The average Bonchev–Trinajstić information content (AvgIpc) is 2.72. The van der Waals surface area contributed by atoms with Gasteiger partial charge in [-0.15, -0.1) is 13.2 Å². The van der Waals surface area contributed by atoms with E-state index in [-0.39, 0.29) is 66.1 Å². The number of pyridine rings is 2. The number of aromatic nitrogens is 2. The molecule has 2 aromatic heterocycles. The van der Waals surface area contributed by atoms with Gasteiger partial charge in [0.1, 0.15) is 81.0 Å². The number of carbonyl (C=O) groups excluding carboxylic acids is 8. The molecule has 4 amide bonds. The highest BCUT2D eigenvalue weighted by Crippen LogP contribution is 2.47. The zero-order valence-electron chi connectivity index (χ0n) is 47.3. The van der Waals surface area contributed by atoms with E-state index in [1.807, 2.05) is 0 Å². The van der Waals surface area contributed by atoms with Crippen LogP contribution in [0.4, 0.5) is 9.59 Å². The number of ether oxygens (including phenoxy) is 8. The van der Waals surface area contributed by atoms with E-state index in [1.54, 1.807) is 102 Å². The SMILES string of the molecule is C=C[C@H]1C[C@]1(NC(=O)[C@@H]1C[C@@H](Oc2cc(C(=O)CBr)nc3cc(OC)ccc23)CN1C(=O)OC(C)(C)C)C(=O)OC.C=C[C@H]1C[C@]1(NC(=O)[C@@H]1C[C@@H](Oc2cc(C(C)=O)nc3cc(OC)ccc23)CN1C(=O)OC(C)(C)C)C(=O)OC. The van der Waals surface area contributed by atoms with Gasteiger partial charge in [-0.2, -0.15) is 0 Å². The Morgan fingerprint density at radius 1 is 0.642 bits per heavy atom. The zero-order chi connectivity index (χ0) is 59.5. The van der Waals surface area contributed by atoms with Crippen LogP contribution >= 0.6 is 15.9 Å². The summed E-state index contributed by atoms with van der Waals surface area (Å²) in [5, 5.41) is 6.94. The number of likely N-dealkylation sites (tertiary alicyclic amines) is 2. The maximum Gasteiger partial charge on any atom is 0.411 e. The third-order valence-corrected chi connectivity index (χ3v) is 14.6. The summed E-state index contributed by atoms with van der Waals surface area (Å²) < 4.78 is 44.3. The minimum atomic E-state index is -1.22. The fourth-order valence-corrected chi connectivity index (χ4v) is 10.1. The zero-order valence-corrected chi connectivity index (χ0v) is 48.9. The van der Waals surface area contributed by atoms with Gasteiger partial charge in [-0.3, -0.25) is 29.0 Å². The first-order valence-electron chi connectivity index (χ1n) is 26.1. The van der Waals surface area contributed by atoms with E-state index >= 15 is 0 Å². The van der Waals surface area contributed by atoms with Crippen LogP contribution in [-0.2, 0) is 38.1 Å². The van der Waals surface area contributed by atoms with Crippen molar-refractivity contribution in [3.05, 3.63) is 85.2 Å². The number of rotatable bonds is 17. The van der Waals surface area contributed by atoms with E-state index in [4.69, 9.17) is 37.9 Å². The number of hydrogen-bond donors (Lipinski definition) is 2. The summed E-state index contributed by atoms with van der Waals surface area (Å²) in [6.45, 7) is 19.3. The number of halogens is 1. The number of nitrogens with zero attached hydrogens (tertiary/aromatic N) is 4. The summed E-state index contributed by atoms with van der Waals surface area (Å²) >= 11 is 3.18. The molecule has 22 nitrogen and oxygen atoms in total. The van der Waals surface area contributed by atoms with Gasteiger partial charge in [0.2, 0.25) is 11.8 Å². The number of fused-ring (bicyclic) bond motifs is 2. The molecule has 4 heterocycles. The topological polar surface area (TPSA) is 267 Å². The third-order valence-electron chi connectivity index (χ3n) is 14.1. The maximum atomic E-state index is 13.6. The monoisotopic (exact) mass is 1180 g/mol. The minimum Gasteiger partial charge on any atom is -0.497 e. The molecule has 0 spiro atoms. The van der Waals surface area contributed by atoms with Gasteiger partial charge in [0, 0.05) is 66.6 Å². The van der Waals surface area contributed by atoms with Crippen LogP contribution in [0.3, 0.4) is 0 Å². The summed E-state index contributed by atoms with van der Waals surface area (Å²) in [5.41, 5.74) is -2.66. The van der Waals surface area contributed by atoms with Crippen LogP contribution in [0.15, 0.2) is 73.8 Å². The summed E-state index contributed by atoms with van der Waals surface area (Å²) in [6.07, 6.45) is 1.50. The first-order chi connectivity index (χ1) is 38.2. The lowest BCUT2D eigenvalue weighted by molar-refractivity contribution is -0.147. The second kappa shape index (κ2) is 24.1. The van der Waals surface area contributed by atoms with Gasteiger partial charge in [-0.25, -0.2) is 29.1 Å². The van der Waals surface area contributed by atoms with Gasteiger partial charge < -0.3 is 48.5 Å². The van der Waals surface area contributed by atoms with Crippen LogP contribution in [0.1, 0.15) is 95.1 Å². The summed E-state index contributed by atoms with van der Waals surface area (Å²) in [4.78, 5) is 115. The quantitative estimate of drug-likeness (QED) is 0.0346. The average molecular weight is 1190 g/mol. The second-order valence-electron chi connectivity index (χ2n) is 22.1. The van der Waals surface area contributed by atoms with Gasteiger partial charge in [-0.1, -0.05) is 28.1 Å². The standard InChI is InChI=1S/C29H34BrN3O8.C29H35N3O8/c1-7-16-13-29(16,26(36)39-6)32-25(35)22-11-18(15-33(22)27(37)41-28(2,3)4)40-24-12-21(23(34)14-30)31-20-10-17(38-5)8-9-19(20)24;1-8-17-14-29(17,26(35)38-7)31-25(34)23-12-19(15-32(23)27(36)40-28(3,4)5)39-24-13-21(16(2)33)30-22-11-18(37-6)9-10-20(22)24/h7-10,12,16,18,22H,1,11,13-15H2,2-6H3,(H,32,35);8-11,13,17,19,23H,1,12,14-15H2,2-7H3,(H,31,34)/t16-,18+,22-,29+;17-,19+,23-,29+/m00/s1. The predicted octanol–water partition coefficient (Wildman–Crippen LogP) is 7.25. The molecule has 81 heavy (non-hydrogen) atoms. The van der Waals surface area contributed by atoms with Crippen LogP contribution < -0.4 is 29.6 Å².